The van der Waals surface area contributed by atoms with Gasteiger partial charge in [-0.1, -0.05) is 6.07 Å². The van der Waals surface area contributed by atoms with E-state index in [4.69, 9.17) is 0 Å². The number of aromatic amines is 1. The molecule has 5 nitrogen and oxygen atoms in total. The van der Waals surface area contributed by atoms with Crippen LogP contribution >= 0.6 is 0 Å². The molecule has 0 saturated heterocycles. The second-order valence-electron chi connectivity index (χ2n) is 3.07. The van der Waals surface area contributed by atoms with Crippen molar-refractivity contribution in [2.24, 2.45) is 0 Å². The molecule has 0 bridgehead atoms. The molecule has 2 aromatic rings. The minimum Gasteiger partial charge on any atom is -0.375 e. The third kappa shape index (κ3) is 2.05. The summed E-state index contributed by atoms with van der Waals surface area (Å²) < 4.78 is 62.0. The highest BCUT2D eigenvalue weighted by atomic mass is 32.2. The maximum atomic E-state index is 12.1. The van der Waals surface area contributed by atoms with Gasteiger partial charge in [-0.15, -0.1) is 0 Å². The van der Waals surface area contributed by atoms with E-state index in [2.05, 4.69) is 14.4 Å². The number of rotatable bonds is 2. The molecule has 0 radical (unpaired) electrons. The summed E-state index contributed by atoms with van der Waals surface area (Å²) in [4.78, 5) is 0. The van der Waals surface area contributed by atoms with Crippen LogP contribution in [0.4, 0.5) is 13.2 Å². The number of hydrogen-bond acceptors (Lipinski definition) is 4. The highest BCUT2D eigenvalue weighted by Crippen LogP contribution is 2.30. The summed E-state index contributed by atoms with van der Waals surface area (Å²) >= 11 is 0. The van der Waals surface area contributed by atoms with E-state index in [0.29, 0.717) is 5.52 Å². The van der Waals surface area contributed by atoms with E-state index in [1.165, 1.54) is 18.3 Å². The summed E-state index contributed by atoms with van der Waals surface area (Å²) in [5.74, 6) is -0.423. The first kappa shape index (κ1) is 11.7. The second kappa shape index (κ2) is 3.62. The first-order chi connectivity index (χ1) is 7.81. The Morgan fingerprint density at radius 3 is 2.65 bits per heavy atom. The number of hydrogen-bond donors (Lipinski definition) is 1. The van der Waals surface area contributed by atoms with Crippen LogP contribution in [0.3, 0.4) is 0 Å². The zero-order valence-electron chi connectivity index (χ0n) is 8.02. The fourth-order valence-corrected chi connectivity index (χ4v) is 1.66. The number of nitrogens with one attached hydrogen (secondary N) is 1. The number of alkyl halides is 3. The van der Waals surface area contributed by atoms with Crippen molar-refractivity contribution in [1.29, 1.82) is 0 Å². The number of H-pyrrole nitrogens is 1. The van der Waals surface area contributed by atoms with Gasteiger partial charge < -0.3 is 4.18 Å². The lowest BCUT2D eigenvalue weighted by atomic mass is 10.2. The summed E-state index contributed by atoms with van der Waals surface area (Å²) in [7, 11) is -5.66. The van der Waals surface area contributed by atoms with Gasteiger partial charge >= 0.3 is 15.6 Å². The van der Waals surface area contributed by atoms with Crippen molar-refractivity contribution < 1.29 is 25.8 Å². The van der Waals surface area contributed by atoms with Crippen molar-refractivity contribution in [2.45, 2.75) is 5.51 Å². The molecule has 17 heavy (non-hydrogen) atoms. The molecule has 1 aromatic heterocycles. The normalized spacial score (nSPS) is 12.9. The number of aromatic nitrogens is 2. The van der Waals surface area contributed by atoms with Gasteiger partial charge in [-0.05, 0) is 12.1 Å². The lowest BCUT2D eigenvalue weighted by molar-refractivity contribution is -0.0499. The van der Waals surface area contributed by atoms with Crippen molar-refractivity contribution in [3.63, 3.8) is 0 Å². The third-order valence-electron chi connectivity index (χ3n) is 1.93. The molecule has 0 aliphatic heterocycles. The molecule has 0 aliphatic rings. The number of halogens is 3. The van der Waals surface area contributed by atoms with Crippen molar-refractivity contribution in [2.75, 3.05) is 0 Å². The average Bonchev–Trinajstić information content (AvgIpc) is 2.64. The van der Waals surface area contributed by atoms with Crippen LogP contribution in [0.5, 0.6) is 5.75 Å². The van der Waals surface area contributed by atoms with Crippen LogP contribution in [0.2, 0.25) is 0 Å². The van der Waals surface area contributed by atoms with E-state index in [0.717, 1.165) is 6.07 Å². The van der Waals surface area contributed by atoms with Gasteiger partial charge in [0.15, 0.2) is 5.75 Å². The summed E-state index contributed by atoms with van der Waals surface area (Å²) in [5, 5.41) is 6.20. The smallest absolute Gasteiger partial charge is 0.375 e. The van der Waals surface area contributed by atoms with Gasteiger partial charge in [-0.25, -0.2) is 0 Å². The molecular weight excluding hydrogens is 261 g/mol. The Hall–Kier alpha value is -1.77. The molecule has 2 rings (SSSR count). The van der Waals surface area contributed by atoms with Gasteiger partial charge in [-0.3, -0.25) is 5.10 Å². The molecule has 0 atom stereocenters. The molecule has 0 aliphatic carbocycles. The van der Waals surface area contributed by atoms with Gasteiger partial charge in [0.2, 0.25) is 0 Å². The summed E-state index contributed by atoms with van der Waals surface area (Å²) in [5.41, 5.74) is -5.08. The van der Waals surface area contributed by atoms with Crippen molar-refractivity contribution in [3.05, 3.63) is 24.4 Å². The number of nitrogens with zero attached hydrogens (tertiary/aromatic N) is 1. The Bertz CT molecular complexity index is 647. The topological polar surface area (TPSA) is 72.1 Å². The molecule has 1 aromatic carbocycles. The Morgan fingerprint density at radius 1 is 1.29 bits per heavy atom. The van der Waals surface area contributed by atoms with Crippen LogP contribution in [-0.4, -0.2) is 24.1 Å². The quantitative estimate of drug-likeness (QED) is 0.664. The lowest BCUT2D eigenvalue weighted by Gasteiger charge is -2.09. The lowest BCUT2D eigenvalue weighted by Crippen LogP contribution is -2.28. The standard InChI is InChI=1S/C8H5F3N2O3S/c9-8(10,11)17(14,15)16-7-3-1-2-6-5(7)4-12-13-6/h1-4H,(H,12,13). The number of fused-ring (bicyclic) bond motifs is 1. The maximum absolute atomic E-state index is 12.1. The van der Waals surface area contributed by atoms with Crippen LogP contribution in [0, 0.1) is 0 Å². The Labute approximate surface area is 93.3 Å². The molecular formula is C8H5F3N2O3S. The molecule has 0 spiro atoms. The van der Waals surface area contributed by atoms with E-state index in [-0.39, 0.29) is 5.39 Å². The fraction of sp³-hybridized carbons (Fsp3) is 0.125. The van der Waals surface area contributed by atoms with Gasteiger partial charge in [0.05, 0.1) is 17.1 Å². The van der Waals surface area contributed by atoms with Crippen LogP contribution in [0.15, 0.2) is 24.4 Å². The largest absolute Gasteiger partial charge is 0.534 e. The first-order valence-electron chi connectivity index (χ1n) is 4.24. The Morgan fingerprint density at radius 2 is 2.00 bits per heavy atom. The van der Waals surface area contributed by atoms with E-state index in [9.17, 15) is 21.6 Å². The van der Waals surface area contributed by atoms with Crippen molar-refractivity contribution in [3.8, 4) is 5.75 Å². The predicted octanol–water partition coefficient (Wildman–Crippen LogP) is 1.79. The maximum Gasteiger partial charge on any atom is 0.534 e. The van der Waals surface area contributed by atoms with Gasteiger partial charge in [0.1, 0.15) is 0 Å². The monoisotopic (exact) mass is 266 g/mol. The Kier molecular flexibility index (Phi) is 2.49. The molecule has 9 heteroatoms. The molecule has 1 N–H and O–H groups in total. The van der Waals surface area contributed by atoms with E-state index >= 15 is 0 Å². The fourth-order valence-electron chi connectivity index (χ4n) is 1.18. The minimum atomic E-state index is -5.66. The summed E-state index contributed by atoms with van der Waals surface area (Å²) in [6.45, 7) is 0. The van der Waals surface area contributed by atoms with E-state index < -0.39 is 21.4 Å². The summed E-state index contributed by atoms with van der Waals surface area (Å²) in [6, 6.07) is 3.98. The predicted molar refractivity (Wildman–Crippen MR) is 51.7 cm³/mol. The van der Waals surface area contributed by atoms with E-state index in [1.807, 2.05) is 0 Å². The Balaban J connectivity index is 2.47. The van der Waals surface area contributed by atoms with Crippen LogP contribution in [0.25, 0.3) is 10.9 Å². The number of benzene rings is 1. The molecule has 0 amide bonds. The highest BCUT2D eigenvalue weighted by Gasteiger charge is 2.48. The van der Waals surface area contributed by atoms with E-state index in [1.54, 1.807) is 0 Å². The zero-order chi connectivity index (χ0) is 12.7. The van der Waals surface area contributed by atoms with Gasteiger partial charge in [-0.2, -0.15) is 26.7 Å². The summed E-state index contributed by atoms with van der Waals surface area (Å²) in [6.07, 6.45) is 1.18. The molecule has 0 unspecified atom stereocenters. The van der Waals surface area contributed by atoms with Crippen LogP contribution in [0.1, 0.15) is 0 Å². The van der Waals surface area contributed by atoms with Crippen molar-refractivity contribution in [1.82, 2.24) is 10.2 Å². The minimum absolute atomic E-state index is 0.153. The molecule has 0 fully saturated rings. The molecule has 1 heterocycles. The van der Waals surface area contributed by atoms with Gasteiger partial charge in [0.25, 0.3) is 0 Å². The first-order valence-corrected chi connectivity index (χ1v) is 5.65. The second-order valence-corrected chi connectivity index (χ2v) is 4.61. The molecule has 92 valence electrons. The third-order valence-corrected chi connectivity index (χ3v) is 2.89. The molecule has 0 saturated carbocycles. The zero-order valence-corrected chi connectivity index (χ0v) is 8.84. The van der Waals surface area contributed by atoms with Crippen LogP contribution in [-0.2, 0) is 10.1 Å². The SMILES string of the molecule is O=S(=O)(Oc1cccc2[nH]ncc12)C(F)(F)F. The van der Waals surface area contributed by atoms with Crippen LogP contribution < -0.4 is 4.18 Å². The average molecular weight is 266 g/mol. The van der Waals surface area contributed by atoms with Crippen molar-refractivity contribution >= 4 is 21.0 Å². The van der Waals surface area contributed by atoms with Gasteiger partial charge in [0, 0.05) is 0 Å². The highest BCUT2D eigenvalue weighted by molar-refractivity contribution is 7.88.